The van der Waals surface area contributed by atoms with Crippen LogP contribution >= 0.6 is 0 Å². The maximum absolute atomic E-state index is 11.5. The average Bonchev–Trinajstić information content (AvgIpc) is 2.53. The van der Waals surface area contributed by atoms with Crippen LogP contribution in [0.2, 0.25) is 0 Å². The number of rotatable bonds is 6. The quantitative estimate of drug-likeness (QED) is 0.531. The van der Waals surface area contributed by atoms with Gasteiger partial charge in [-0.05, 0) is 43.0 Å². The van der Waals surface area contributed by atoms with Crippen LogP contribution in [-0.4, -0.2) is 40.3 Å². The second kappa shape index (κ2) is 8.34. The topological polar surface area (TPSA) is 106 Å². The van der Waals surface area contributed by atoms with Gasteiger partial charge < -0.3 is 15.8 Å². The number of nitrogens with zero attached hydrogens (tertiary/aromatic N) is 1. The van der Waals surface area contributed by atoms with E-state index in [-0.39, 0.29) is 12.0 Å². The second-order valence-corrected chi connectivity index (χ2v) is 7.90. The molecule has 8 heteroatoms. The first-order chi connectivity index (χ1) is 11.4. The molecule has 2 rings (SSSR count). The Hall–Kier alpha value is -1.80. The molecule has 0 bridgehead atoms. The minimum absolute atomic E-state index is 0.0636. The van der Waals surface area contributed by atoms with Crippen molar-refractivity contribution < 1.29 is 13.2 Å². The van der Waals surface area contributed by atoms with Gasteiger partial charge >= 0.3 is 0 Å². The van der Waals surface area contributed by atoms with E-state index < -0.39 is 10.0 Å². The molecular formula is C16H26N4O3S. The lowest BCUT2D eigenvalue weighted by molar-refractivity contribution is 0.297. The predicted octanol–water partition coefficient (Wildman–Crippen LogP) is 1.53. The molecule has 1 aromatic carbocycles. The Morgan fingerprint density at radius 2 is 1.96 bits per heavy atom. The summed E-state index contributed by atoms with van der Waals surface area (Å²) in [6.45, 7) is 0.502. The van der Waals surface area contributed by atoms with Gasteiger partial charge in [-0.3, -0.25) is 4.99 Å². The molecule has 1 saturated carbocycles. The molecule has 0 spiro atoms. The largest absolute Gasteiger partial charge is 0.497 e. The standard InChI is InChI=1S/C16H26N4O3S/c1-23-14-9-7-13(8-10-14)19-16(17)18-11-12-5-3-4-6-15(12)20-24(2,21)22/h7-10,12,15,20H,3-6,11H2,1-2H3,(H3,17,18,19). The molecule has 24 heavy (non-hydrogen) atoms. The highest BCUT2D eigenvalue weighted by Crippen LogP contribution is 2.25. The Balaban J connectivity index is 1.93. The van der Waals surface area contributed by atoms with Crippen molar-refractivity contribution in [3.05, 3.63) is 24.3 Å². The van der Waals surface area contributed by atoms with E-state index >= 15 is 0 Å². The number of ether oxygens (including phenoxy) is 1. The molecule has 4 N–H and O–H groups in total. The molecule has 1 fully saturated rings. The molecule has 0 saturated heterocycles. The first kappa shape index (κ1) is 18.5. The average molecular weight is 354 g/mol. The molecule has 0 aromatic heterocycles. The first-order valence-corrected chi connectivity index (χ1v) is 9.95. The van der Waals surface area contributed by atoms with Gasteiger partial charge in [-0.15, -0.1) is 0 Å². The normalized spacial score (nSPS) is 22.2. The second-order valence-electron chi connectivity index (χ2n) is 6.12. The van der Waals surface area contributed by atoms with Crippen molar-refractivity contribution in [2.24, 2.45) is 16.6 Å². The van der Waals surface area contributed by atoms with E-state index in [9.17, 15) is 8.42 Å². The molecule has 2 unspecified atom stereocenters. The molecule has 1 aliphatic rings. The van der Waals surface area contributed by atoms with Gasteiger partial charge in [0.2, 0.25) is 10.0 Å². The lowest BCUT2D eigenvalue weighted by Gasteiger charge is -2.30. The van der Waals surface area contributed by atoms with E-state index in [0.29, 0.717) is 12.5 Å². The summed E-state index contributed by atoms with van der Waals surface area (Å²) < 4.78 is 30.8. The molecule has 0 radical (unpaired) electrons. The molecule has 1 aliphatic carbocycles. The van der Waals surface area contributed by atoms with Crippen LogP contribution in [0.3, 0.4) is 0 Å². The zero-order valence-electron chi connectivity index (χ0n) is 14.2. The third-order valence-corrected chi connectivity index (χ3v) is 4.86. The molecule has 134 valence electrons. The summed E-state index contributed by atoms with van der Waals surface area (Å²) in [6.07, 6.45) is 5.12. The number of guanidine groups is 1. The number of aliphatic imine (C=N–C) groups is 1. The summed E-state index contributed by atoms with van der Waals surface area (Å²) in [6, 6.07) is 7.32. The Morgan fingerprint density at radius 3 is 2.58 bits per heavy atom. The summed E-state index contributed by atoms with van der Waals surface area (Å²) >= 11 is 0. The highest BCUT2D eigenvalue weighted by molar-refractivity contribution is 7.88. The number of nitrogens with two attached hydrogens (primary N) is 1. The third-order valence-electron chi connectivity index (χ3n) is 4.13. The molecule has 0 heterocycles. The van der Waals surface area contributed by atoms with Crippen molar-refractivity contribution >= 4 is 21.7 Å². The molecule has 0 amide bonds. The minimum Gasteiger partial charge on any atom is -0.497 e. The van der Waals surface area contributed by atoms with Gasteiger partial charge in [0, 0.05) is 18.3 Å². The maximum atomic E-state index is 11.5. The van der Waals surface area contributed by atoms with Crippen molar-refractivity contribution in [3.63, 3.8) is 0 Å². The zero-order valence-corrected chi connectivity index (χ0v) is 15.0. The van der Waals surface area contributed by atoms with Crippen LogP contribution in [0.15, 0.2) is 29.3 Å². The van der Waals surface area contributed by atoms with Crippen molar-refractivity contribution in [2.45, 2.75) is 31.7 Å². The summed E-state index contributed by atoms with van der Waals surface area (Å²) in [5.74, 6) is 1.27. The Kier molecular flexibility index (Phi) is 6.44. The molecule has 0 aliphatic heterocycles. The van der Waals surface area contributed by atoms with Crippen LogP contribution in [0.4, 0.5) is 5.69 Å². The van der Waals surface area contributed by atoms with Gasteiger partial charge in [-0.1, -0.05) is 12.8 Å². The van der Waals surface area contributed by atoms with E-state index in [2.05, 4.69) is 15.0 Å². The predicted molar refractivity (Wildman–Crippen MR) is 96.8 cm³/mol. The Bertz CT molecular complexity index is 658. The van der Waals surface area contributed by atoms with Crippen LogP contribution < -0.4 is 20.5 Å². The van der Waals surface area contributed by atoms with Crippen LogP contribution in [-0.2, 0) is 10.0 Å². The van der Waals surface area contributed by atoms with Gasteiger partial charge in [0.15, 0.2) is 5.96 Å². The Morgan fingerprint density at radius 1 is 1.29 bits per heavy atom. The van der Waals surface area contributed by atoms with E-state index in [1.54, 1.807) is 7.11 Å². The van der Waals surface area contributed by atoms with Crippen LogP contribution in [0.1, 0.15) is 25.7 Å². The van der Waals surface area contributed by atoms with E-state index in [1.165, 1.54) is 6.26 Å². The number of benzene rings is 1. The van der Waals surface area contributed by atoms with Crippen molar-refractivity contribution in [1.82, 2.24) is 4.72 Å². The van der Waals surface area contributed by atoms with E-state index in [4.69, 9.17) is 10.5 Å². The highest BCUT2D eigenvalue weighted by Gasteiger charge is 2.27. The third kappa shape index (κ3) is 6.01. The van der Waals surface area contributed by atoms with Crippen molar-refractivity contribution in [3.8, 4) is 5.75 Å². The first-order valence-electron chi connectivity index (χ1n) is 8.05. The number of hydrogen-bond donors (Lipinski definition) is 3. The highest BCUT2D eigenvalue weighted by atomic mass is 32.2. The fourth-order valence-electron chi connectivity index (χ4n) is 2.93. The van der Waals surface area contributed by atoms with Gasteiger partial charge in [0.05, 0.1) is 13.4 Å². The number of hydrogen-bond acceptors (Lipinski definition) is 4. The van der Waals surface area contributed by atoms with E-state index in [0.717, 1.165) is 37.1 Å². The molecule has 1 aromatic rings. The van der Waals surface area contributed by atoms with Gasteiger partial charge in [-0.25, -0.2) is 13.1 Å². The monoisotopic (exact) mass is 354 g/mol. The SMILES string of the molecule is COc1ccc(NC(N)=NCC2CCCCC2NS(C)(=O)=O)cc1. The lowest BCUT2D eigenvalue weighted by atomic mass is 9.85. The fourth-order valence-corrected chi connectivity index (χ4v) is 3.79. The van der Waals surface area contributed by atoms with Crippen LogP contribution in [0.25, 0.3) is 0 Å². The Labute approximate surface area is 143 Å². The van der Waals surface area contributed by atoms with Crippen LogP contribution in [0.5, 0.6) is 5.75 Å². The smallest absolute Gasteiger partial charge is 0.208 e. The molecule has 2 atom stereocenters. The summed E-state index contributed by atoms with van der Waals surface area (Å²) in [5, 5.41) is 3.03. The summed E-state index contributed by atoms with van der Waals surface area (Å²) in [7, 11) is -1.59. The van der Waals surface area contributed by atoms with Crippen molar-refractivity contribution in [1.29, 1.82) is 0 Å². The number of sulfonamides is 1. The lowest BCUT2D eigenvalue weighted by Crippen LogP contribution is -2.43. The minimum atomic E-state index is -3.21. The zero-order chi connectivity index (χ0) is 17.6. The van der Waals surface area contributed by atoms with Gasteiger partial charge in [0.1, 0.15) is 5.75 Å². The summed E-state index contributed by atoms with van der Waals surface area (Å²) in [5.41, 5.74) is 6.76. The maximum Gasteiger partial charge on any atom is 0.208 e. The van der Waals surface area contributed by atoms with Crippen molar-refractivity contribution in [2.75, 3.05) is 25.2 Å². The fraction of sp³-hybridized carbons (Fsp3) is 0.562. The number of methoxy groups -OCH3 is 1. The number of nitrogens with one attached hydrogen (secondary N) is 2. The molecule has 7 nitrogen and oxygen atoms in total. The summed E-state index contributed by atoms with van der Waals surface area (Å²) in [4.78, 5) is 4.38. The van der Waals surface area contributed by atoms with Crippen LogP contribution in [0, 0.1) is 5.92 Å². The molecular weight excluding hydrogens is 328 g/mol. The van der Waals surface area contributed by atoms with Gasteiger partial charge in [0.25, 0.3) is 0 Å². The van der Waals surface area contributed by atoms with E-state index in [1.807, 2.05) is 24.3 Å². The van der Waals surface area contributed by atoms with Gasteiger partial charge in [-0.2, -0.15) is 0 Å². The number of anilines is 1.